The molecule has 112 valence electrons. The predicted octanol–water partition coefficient (Wildman–Crippen LogP) is 2.75. The Bertz CT molecular complexity index is 561. The van der Waals surface area contributed by atoms with E-state index in [1.54, 1.807) is 19.2 Å². The molecule has 4 nitrogen and oxygen atoms in total. The lowest BCUT2D eigenvalue weighted by Gasteiger charge is -2.36. The maximum atomic E-state index is 14.0. The van der Waals surface area contributed by atoms with Gasteiger partial charge in [0.05, 0.1) is 6.07 Å². The maximum Gasteiger partial charge on any atom is 0.219 e. The average Bonchev–Trinajstić information content (AvgIpc) is 2.44. The highest BCUT2D eigenvalue weighted by molar-refractivity contribution is 5.75. The number of aryl methyl sites for hydroxylation is 1. The van der Waals surface area contributed by atoms with Crippen LogP contribution in [-0.2, 0) is 11.2 Å². The Morgan fingerprint density at radius 3 is 2.76 bits per heavy atom. The first-order chi connectivity index (χ1) is 10.1. The first-order valence-electron chi connectivity index (χ1n) is 7.27. The van der Waals surface area contributed by atoms with Gasteiger partial charge in [0, 0.05) is 19.2 Å². The van der Waals surface area contributed by atoms with Crippen LogP contribution in [0.25, 0.3) is 0 Å². The smallest absolute Gasteiger partial charge is 0.219 e. The molecule has 0 atom stereocenters. The molecule has 0 aliphatic heterocycles. The van der Waals surface area contributed by atoms with Crippen LogP contribution in [0.1, 0.15) is 37.7 Å². The van der Waals surface area contributed by atoms with Crippen molar-refractivity contribution < 1.29 is 9.18 Å². The van der Waals surface area contributed by atoms with Crippen molar-refractivity contribution in [1.29, 1.82) is 5.26 Å². The standard InChI is InChI=1S/C16H20FN3O/c1-19-15(21)5-2-4-12-6-7-13(10-14(12)17)20-16(11-18)8-3-9-16/h6-7,10,20H,2-5,8-9H2,1H3,(H,19,21). The molecular formula is C16H20FN3O. The lowest BCUT2D eigenvalue weighted by Crippen LogP contribution is -2.43. The number of anilines is 1. The molecule has 1 aliphatic rings. The normalized spacial score (nSPS) is 15.7. The summed E-state index contributed by atoms with van der Waals surface area (Å²) in [4.78, 5) is 11.1. The molecule has 0 aromatic heterocycles. The summed E-state index contributed by atoms with van der Waals surface area (Å²) in [6, 6.07) is 7.24. The van der Waals surface area contributed by atoms with E-state index in [1.807, 2.05) is 0 Å². The number of carbonyl (C=O) groups is 1. The molecule has 1 saturated carbocycles. The van der Waals surface area contributed by atoms with Crippen molar-refractivity contribution in [3.8, 4) is 6.07 Å². The van der Waals surface area contributed by atoms with E-state index in [-0.39, 0.29) is 11.7 Å². The number of hydrogen-bond donors (Lipinski definition) is 2. The zero-order chi connectivity index (χ0) is 15.3. The van der Waals surface area contributed by atoms with E-state index in [0.717, 1.165) is 19.3 Å². The van der Waals surface area contributed by atoms with Gasteiger partial charge in [-0.3, -0.25) is 4.79 Å². The molecule has 1 aromatic carbocycles. The number of nitrogens with one attached hydrogen (secondary N) is 2. The quantitative estimate of drug-likeness (QED) is 0.846. The fraction of sp³-hybridized carbons (Fsp3) is 0.500. The van der Waals surface area contributed by atoms with Crippen LogP contribution in [0.15, 0.2) is 18.2 Å². The minimum Gasteiger partial charge on any atom is -0.367 e. The number of nitrogens with zero attached hydrogens (tertiary/aromatic N) is 1. The minimum absolute atomic E-state index is 0.0327. The van der Waals surface area contributed by atoms with Crippen LogP contribution in [0.5, 0.6) is 0 Å². The zero-order valence-electron chi connectivity index (χ0n) is 12.2. The van der Waals surface area contributed by atoms with Gasteiger partial charge in [-0.1, -0.05) is 6.07 Å². The zero-order valence-corrected chi connectivity index (χ0v) is 12.2. The largest absolute Gasteiger partial charge is 0.367 e. The molecule has 2 N–H and O–H groups in total. The molecule has 0 heterocycles. The number of benzene rings is 1. The van der Waals surface area contributed by atoms with Crippen molar-refractivity contribution in [3.05, 3.63) is 29.6 Å². The fourth-order valence-corrected chi connectivity index (χ4v) is 2.46. The molecule has 5 heteroatoms. The van der Waals surface area contributed by atoms with Crippen molar-refractivity contribution in [3.63, 3.8) is 0 Å². The second-order valence-corrected chi connectivity index (χ2v) is 5.51. The molecule has 0 unspecified atom stereocenters. The number of carbonyl (C=O) groups excluding carboxylic acids is 1. The second-order valence-electron chi connectivity index (χ2n) is 5.51. The summed E-state index contributed by atoms with van der Waals surface area (Å²) in [5, 5.41) is 14.8. The number of amides is 1. The Labute approximate surface area is 124 Å². The number of halogens is 1. The molecule has 1 fully saturated rings. The van der Waals surface area contributed by atoms with Crippen LogP contribution in [0.2, 0.25) is 0 Å². The summed E-state index contributed by atoms with van der Waals surface area (Å²) in [5.41, 5.74) is 0.723. The molecule has 1 amide bonds. The van der Waals surface area contributed by atoms with E-state index in [9.17, 15) is 9.18 Å². The second kappa shape index (κ2) is 6.57. The Morgan fingerprint density at radius 2 is 2.24 bits per heavy atom. The van der Waals surface area contributed by atoms with E-state index in [2.05, 4.69) is 16.7 Å². The number of rotatable bonds is 6. The summed E-state index contributed by atoms with van der Waals surface area (Å²) >= 11 is 0. The van der Waals surface area contributed by atoms with Crippen LogP contribution in [-0.4, -0.2) is 18.5 Å². The molecule has 1 aliphatic carbocycles. The summed E-state index contributed by atoms with van der Waals surface area (Å²) < 4.78 is 14.0. The predicted molar refractivity (Wildman–Crippen MR) is 79.2 cm³/mol. The van der Waals surface area contributed by atoms with Gasteiger partial charge in [0.25, 0.3) is 0 Å². The van der Waals surface area contributed by atoms with Gasteiger partial charge >= 0.3 is 0 Å². The van der Waals surface area contributed by atoms with Crippen molar-refractivity contribution in [2.75, 3.05) is 12.4 Å². The lowest BCUT2D eigenvalue weighted by molar-refractivity contribution is -0.120. The molecule has 0 saturated heterocycles. The van der Waals surface area contributed by atoms with Gasteiger partial charge in [-0.25, -0.2) is 4.39 Å². The third kappa shape index (κ3) is 3.72. The maximum absolute atomic E-state index is 14.0. The third-order valence-corrected chi connectivity index (χ3v) is 3.99. The highest BCUT2D eigenvalue weighted by Gasteiger charge is 2.37. The number of nitriles is 1. The van der Waals surface area contributed by atoms with Crippen molar-refractivity contribution in [1.82, 2.24) is 5.32 Å². The van der Waals surface area contributed by atoms with Gasteiger partial charge in [-0.2, -0.15) is 5.26 Å². The van der Waals surface area contributed by atoms with Gasteiger partial charge in [0.2, 0.25) is 5.91 Å². The SMILES string of the molecule is CNC(=O)CCCc1ccc(NC2(C#N)CCC2)cc1F. The van der Waals surface area contributed by atoms with Crippen molar-refractivity contribution in [2.45, 2.75) is 44.1 Å². The van der Waals surface area contributed by atoms with E-state index >= 15 is 0 Å². The van der Waals surface area contributed by atoms with Crippen molar-refractivity contribution >= 4 is 11.6 Å². The Hall–Kier alpha value is -2.09. The molecule has 2 rings (SSSR count). The highest BCUT2D eigenvalue weighted by Crippen LogP contribution is 2.35. The van der Waals surface area contributed by atoms with Gasteiger partial charge in [0.15, 0.2) is 0 Å². The minimum atomic E-state index is -0.521. The molecule has 21 heavy (non-hydrogen) atoms. The Morgan fingerprint density at radius 1 is 1.48 bits per heavy atom. The van der Waals surface area contributed by atoms with Crippen LogP contribution in [0, 0.1) is 17.1 Å². The lowest BCUT2D eigenvalue weighted by atomic mass is 9.78. The molecule has 0 radical (unpaired) electrons. The van der Waals surface area contributed by atoms with Gasteiger partial charge in [-0.15, -0.1) is 0 Å². The van der Waals surface area contributed by atoms with Crippen LogP contribution < -0.4 is 10.6 Å². The van der Waals surface area contributed by atoms with Gasteiger partial charge < -0.3 is 10.6 Å². The van der Waals surface area contributed by atoms with E-state index < -0.39 is 5.54 Å². The number of hydrogen-bond acceptors (Lipinski definition) is 3. The van der Waals surface area contributed by atoms with Gasteiger partial charge in [0.1, 0.15) is 11.4 Å². The Balaban J connectivity index is 1.94. The fourth-order valence-electron chi connectivity index (χ4n) is 2.46. The summed E-state index contributed by atoms with van der Waals surface area (Å²) in [6.45, 7) is 0. The van der Waals surface area contributed by atoms with E-state index in [0.29, 0.717) is 30.5 Å². The van der Waals surface area contributed by atoms with Crippen LogP contribution >= 0.6 is 0 Å². The first-order valence-corrected chi connectivity index (χ1v) is 7.27. The summed E-state index contributed by atoms with van der Waals surface area (Å²) in [6.07, 6.45) is 4.18. The van der Waals surface area contributed by atoms with Crippen molar-refractivity contribution in [2.24, 2.45) is 0 Å². The summed E-state index contributed by atoms with van der Waals surface area (Å²) in [7, 11) is 1.59. The monoisotopic (exact) mass is 289 g/mol. The average molecular weight is 289 g/mol. The van der Waals surface area contributed by atoms with Gasteiger partial charge in [-0.05, 0) is 49.8 Å². The highest BCUT2D eigenvalue weighted by atomic mass is 19.1. The van der Waals surface area contributed by atoms with E-state index in [1.165, 1.54) is 6.07 Å². The molecule has 0 bridgehead atoms. The summed E-state index contributed by atoms with van der Waals surface area (Å²) in [5.74, 6) is -0.320. The van der Waals surface area contributed by atoms with Crippen LogP contribution in [0.3, 0.4) is 0 Å². The Kier molecular flexibility index (Phi) is 4.79. The van der Waals surface area contributed by atoms with E-state index in [4.69, 9.17) is 5.26 Å². The third-order valence-electron chi connectivity index (χ3n) is 3.99. The topological polar surface area (TPSA) is 64.9 Å². The first kappa shape index (κ1) is 15.3. The molecular weight excluding hydrogens is 269 g/mol. The molecule has 1 aromatic rings. The van der Waals surface area contributed by atoms with Crippen LogP contribution in [0.4, 0.5) is 10.1 Å². The molecule has 0 spiro atoms.